The Hall–Kier alpha value is -2.53. The summed E-state index contributed by atoms with van der Waals surface area (Å²) in [5.41, 5.74) is 1.09. The van der Waals surface area contributed by atoms with Crippen LogP contribution in [0, 0.1) is 0 Å². The third-order valence-corrected chi connectivity index (χ3v) is 4.10. The van der Waals surface area contributed by atoms with E-state index in [0.717, 1.165) is 12.1 Å². The molecule has 0 spiro atoms. The van der Waals surface area contributed by atoms with Gasteiger partial charge in [-0.05, 0) is 29.8 Å². The molecule has 0 unspecified atom stereocenters. The number of halogens is 1. The van der Waals surface area contributed by atoms with Crippen LogP contribution in [-0.2, 0) is 18.4 Å². The Labute approximate surface area is 145 Å². The van der Waals surface area contributed by atoms with Crippen LogP contribution in [0.15, 0.2) is 61.1 Å². The molecule has 2 heterocycles. The zero-order valence-corrected chi connectivity index (χ0v) is 14.1. The van der Waals surface area contributed by atoms with Crippen LogP contribution in [0.4, 0.5) is 5.82 Å². The molecule has 0 saturated heterocycles. The topological polar surface area (TPSA) is 51.9 Å². The van der Waals surface area contributed by atoms with E-state index < -0.39 is 0 Å². The molecule has 0 saturated carbocycles. The first-order valence-corrected chi connectivity index (χ1v) is 8.13. The maximum Gasteiger partial charge on any atom is 0.226 e. The number of hydrogen-bond donors (Lipinski definition) is 1. The number of nitrogens with zero attached hydrogens (tertiary/aromatic N) is 3. The summed E-state index contributed by atoms with van der Waals surface area (Å²) in [5.74, 6) is 0.567. The predicted molar refractivity (Wildman–Crippen MR) is 95.1 cm³/mol. The number of carbonyl (C=O) groups excluding carboxylic acids is 1. The first-order valence-electron chi connectivity index (χ1n) is 7.76. The molecule has 0 fully saturated rings. The first-order chi connectivity index (χ1) is 11.6. The lowest BCUT2D eigenvalue weighted by molar-refractivity contribution is -0.116. The van der Waals surface area contributed by atoms with Crippen molar-refractivity contribution in [2.75, 3.05) is 5.32 Å². The molecule has 6 heteroatoms. The summed E-state index contributed by atoms with van der Waals surface area (Å²) in [5, 5.41) is 7.72. The molecular weight excluding hydrogens is 324 g/mol. The van der Waals surface area contributed by atoms with Crippen LogP contribution in [0.3, 0.4) is 0 Å². The minimum absolute atomic E-state index is 0.0541. The minimum atomic E-state index is -0.0548. The highest BCUT2D eigenvalue weighted by molar-refractivity contribution is 6.30. The molecule has 0 aliphatic heterocycles. The molecule has 1 atom stereocenters. The molecule has 0 aliphatic carbocycles. The summed E-state index contributed by atoms with van der Waals surface area (Å²) in [7, 11) is 1.82. The van der Waals surface area contributed by atoms with Gasteiger partial charge < -0.3 is 9.88 Å². The van der Waals surface area contributed by atoms with Gasteiger partial charge in [-0.3, -0.25) is 9.48 Å². The van der Waals surface area contributed by atoms with E-state index in [1.165, 1.54) is 0 Å². The fraction of sp³-hybridized carbons (Fsp3) is 0.222. The number of aryl methyl sites for hydroxylation is 1. The van der Waals surface area contributed by atoms with Crippen LogP contribution in [0.2, 0.25) is 5.02 Å². The molecule has 5 nitrogen and oxygen atoms in total. The van der Waals surface area contributed by atoms with Crippen molar-refractivity contribution in [3.63, 3.8) is 0 Å². The minimum Gasteiger partial charge on any atom is -0.354 e. The van der Waals surface area contributed by atoms with Crippen molar-refractivity contribution in [1.82, 2.24) is 14.3 Å². The van der Waals surface area contributed by atoms with Gasteiger partial charge in [-0.25, -0.2) is 0 Å². The zero-order chi connectivity index (χ0) is 16.9. The van der Waals surface area contributed by atoms with E-state index in [1.54, 1.807) is 16.9 Å². The van der Waals surface area contributed by atoms with Gasteiger partial charge in [-0.1, -0.05) is 23.7 Å². The van der Waals surface area contributed by atoms with Crippen molar-refractivity contribution in [1.29, 1.82) is 0 Å². The number of benzene rings is 1. The number of hydrogen-bond acceptors (Lipinski definition) is 2. The Morgan fingerprint density at radius 3 is 2.50 bits per heavy atom. The molecule has 24 heavy (non-hydrogen) atoms. The van der Waals surface area contributed by atoms with E-state index in [9.17, 15) is 4.79 Å². The molecule has 0 radical (unpaired) electrons. The zero-order valence-electron chi connectivity index (χ0n) is 13.4. The van der Waals surface area contributed by atoms with Gasteiger partial charge in [0.2, 0.25) is 5.91 Å². The molecule has 124 valence electrons. The Bertz CT molecular complexity index is 793. The third kappa shape index (κ3) is 4.26. The number of anilines is 1. The second kappa shape index (κ2) is 7.36. The van der Waals surface area contributed by atoms with Crippen molar-refractivity contribution < 1.29 is 4.79 Å². The highest BCUT2D eigenvalue weighted by Crippen LogP contribution is 2.24. The van der Waals surface area contributed by atoms with Gasteiger partial charge in [0.25, 0.3) is 0 Å². The van der Waals surface area contributed by atoms with Crippen molar-refractivity contribution >= 4 is 23.3 Å². The lowest BCUT2D eigenvalue weighted by Gasteiger charge is -2.18. The van der Waals surface area contributed by atoms with Crippen molar-refractivity contribution in [3.05, 3.63) is 71.6 Å². The quantitative estimate of drug-likeness (QED) is 0.742. The van der Waals surface area contributed by atoms with Gasteiger partial charge in [-0.15, -0.1) is 0 Å². The fourth-order valence-electron chi connectivity index (χ4n) is 2.67. The van der Waals surface area contributed by atoms with Gasteiger partial charge >= 0.3 is 0 Å². The highest BCUT2D eigenvalue weighted by Gasteiger charge is 2.17. The fourth-order valence-corrected chi connectivity index (χ4v) is 2.79. The summed E-state index contributed by atoms with van der Waals surface area (Å²) in [6.07, 6.45) is 6.17. The van der Waals surface area contributed by atoms with Crippen molar-refractivity contribution in [2.45, 2.75) is 18.9 Å². The standard InChI is InChI=1S/C18H19ClN4O/c1-22-11-8-17(21-22)20-18(24)12-15(13-23-9-2-3-10-23)14-4-6-16(19)7-5-14/h2-11,15H,12-13H2,1H3,(H,20,21,24)/t15-/m0/s1. The Morgan fingerprint density at radius 1 is 1.17 bits per heavy atom. The van der Waals surface area contributed by atoms with E-state index >= 15 is 0 Å². The van der Waals surface area contributed by atoms with Gasteiger partial charge in [0.05, 0.1) is 0 Å². The Morgan fingerprint density at radius 2 is 1.88 bits per heavy atom. The average molecular weight is 343 g/mol. The van der Waals surface area contributed by atoms with E-state index in [-0.39, 0.29) is 11.8 Å². The molecule has 0 aliphatic rings. The normalized spacial score (nSPS) is 12.1. The molecular formula is C18H19ClN4O. The van der Waals surface area contributed by atoms with E-state index in [2.05, 4.69) is 15.0 Å². The molecule has 1 amide bonds. The Balaban J connectivity index is 1.73. The monoisotopic (exact) mass is 342 g/mol. The smallest absolute Gasteiger partial charge is 0.226 e. The van der Waals surface area contributed by atoms with Crippen LogP contribution in [0.25, 0.3) is 0 Å². The Kier molecular flexibility index (Phi) is 5.01. The van der Waals surface area contributed by atoms with Crippen LogP contribution < -0.4 is 5.32 Å². The summed E-state index contributed by atoms with van der Waals surface area (Å²) >= 11 is 5.98. The largest absolute Gasteiger partial charge is 0.354 e. The van der Waals surface area contributed by atoms with Crippen LogP contribution in [-0.4, -0.2) is 20.3 Å². The van der Waals surface area contributed by atoms with Crippen LogP contribution >= 0.6 is 11.6 Å². The van der Waals surface area contributed by atoms with Crippen molar-refractivity contribution in [3.8, 4) is 0 Å². The lowest BCUT2D eigenvalue weighted by Crippen LogP contribution is -2.19. The van der Waals surface area contributed by atoms with E-state index in [0.29, 0.717) is 17.3 Å². The molecule has 1 aromatic carbocycles. The van der Waals surface area contributed by atoms with E-state index in [1.807, 2.05) is 55.8 Å². The highest BCUT2D eigenvalue weighted by atomic mass is 35.5. The lowest BCUT2D eigenvalue weighted by atomic mass is 9.95. The second-order valence-corrected chi connectivity index (χ2v) is 6.19. The molecule has 1 N–H and O–H groups in total. The summed E-state index contributed by atoms with van der Waals surface area (Å²) in [4.78, 5) is 12.4. The maximum atomic E-state index is 12.4. The number of rotatable bonds is 6. The first kappa shape index (κ1) is 16.3. The number of nitrogens with one attached hydrogen (secondary N) is 1. The van der Waals surface area contributed by atoms with Crippen molar-refractivity contribution in [2.24, 2.45) is 7.05 Å². The number of aromatic nitrogens is 3. The predicted octanol–water partition coefficient (Wildman–Crippen LogP) is 3.69. The average Bonchev–Trinajstić information content (AvgIpc) is 3.19. The summed E-state index contributed by atoms with van der Waals surface area (Å²) in [6.45, 7) is 0.726. The van der Waals surface area contributed by atoms with Gasteiger partial charge in [0.15, 0.2) is 5.82 Å². The summed E-state index contributed by atoms with van der Waals surface area (Å²) in [6, 6.07) is 13.4. The van der Waals surface area contributed by atoms with Gasteiger partial charge in [0.1, 0.15) is 0 Å². The molecule has 3 rings (SSSR count). The van der Waals surface area contributed by atoms with Gasteiger partial charge in [0, 0.05) is 55.6 Å². The number of amides is 1. The molecule has 0 bridgehead atoms. The van der Waals surface area contributed by atoms with E-state index in [4.69, 9.17) is 11.6 Å². The SMILES string of the molecule is Cn1ccc(NC(=O)C[C@@H](Cn2cccc2)c2ccc(Cl)cc2)n1. The van der Waals surface area contributed by atoms with Gasteiger partial charge in [-0.2, -0.15) is 5.10 Å². The second-order valence-electron chi connectivity index (χ2n) is 5.76. The van der Waals surface area contributed by atoms with Crippen LogP contribution in [0.5, 0.6) is 0 Å². The van der Waals surface area contributed by atoms with Crippen LogP contribution in [0.1, 0.15) is 17.9 Å². The number of carbonyl (C=O) groups is 1. The summed E-state index contributed by atoms with van der Waals surface area (Å²) < 4.78 is 3.74. The molecule has 3 aromatic rings. The molecule has 2 aromatic heterocycles. The third-order valence-electron chi connectivity index (χ3n) is 3.85. The maximum absolute atomic E-state index is 12.4.